The first kappa shape index (κ1) is 10.7. The standard InChI is InChI=1S/C13H20N2/c1-10-4-2-3-5-11(10)9-15-13-7-6-12(14)8-13/h2-5,12-13,15H,6-9,14H2,1H3. The highest BCUT2D eigenvalue weighted by Gasteiger charge is 2.20. The van der Waals surface area contributed by atoms with Crippen molar-refractivity contribution in [3.05, 3.63) is 35.4 Å². The molecular formula is C13H20N2. The summed E-state index contributed by atoms with van der Waals surface area (Å²) in [5.41, 5.74) is 8.65. The molecule has 2 atom stereocenters. The van der Waals surface area contributed by atoms with E-state index in [1.165, 1.54) is 24.0 Å². The van der Waals surface area contributed by atoms with Gasteiger partial charge in [0.05, 0.1) is 0 Å². The van der Waals surface area contributed by atoms with Gasteiger partial charge < -0.3 is 11.1 Å². The molecule has 0 aromatic heterocycles. The molecule has 2 nitrogen and oxygen atoms in total. The molecular weight excluding hydrogens is 184 g/mol. The number of aryl methyl sites for hydroxylation is 1. The minimum absolute atomic E-state index is 0.416. The highest BCUT2D eigenvalue weighted by Crippen LogP contribution is 2.18. The molecule has 1 aliphatic carbocycles. The summed E-state index contributed by atoms with van der Waals surface area (Å²) in [5.74, 6) is 0. The van der Waals surface area contributed by atoms with Crippen LogP contribution in [-0.2, 0) is 6.54 Å². The minimum atomic E-state index is 0.416. The first-order valence-corrected chi connectivity index (χ1v) is 5.79. The molecule has 0 spiro atoms. The quantitative estimate of drug-likeness (QED) is 0.790. The summed E-state index contributed by atoms with van der Waals surface area (Å²) < 4.78 is 0. The summed E-state index contributed by atoms with van der Waals surface area (Å²) in [6.07, 6.45) is 3.53. The molecule has 0 heterocycles. The number of hydrogen-bond donors (Lipinski definition) is 2. The van der Waals surface area contributed by atoms with Gasteiger partial charge in [0, 0.05) is 18.6 Å². The lowest BCUT2D eigenvalue weighted by Gasteiger charge is -2.13. The maximum atomic E-state index is 5.88. The van der Waals surface area contributed by atoms with Gasteiger partial charge in [-0.05, 0) is 37.3 Å². The fourth-order valence-electron chi connectivity index (χ4n) is 2.26. The van der Waals surface area contributed by atoms with E-state index in [0.29, 0.717) is 12.1 Å². The van der Waals surface area contributed by atoms with Crippen molar-refractivity contribution in [1.29, 1.82) is 0 Å². The van der Waals surface area contributed by atoms with Gasteiger partial charge in [0.15, 0.2) is 0 Å². The lowest BCUT2D eigenvalue weighted by Crippen LogP contribution is -2.28. The Hall–Kier alpha value is -0.860. The van der Waals surface area contributed by atoms with Gasteiger partial charge in [-0.3, -0.25) is 0 Å². The van der Waals surface area contributed by atoms with E-state index in [0.717, 1.165) is 13.0 Å². The van der Waals surface area contributed by atoms with Crippen LogP contribution in [0.25, 0.3) is 0 Å². The summed E-state index contributed by atoms with van der Waals surface area (Å²) in [6, 6.07) is 9.59. The van der Waals surface area contributed by atoms with Crippen LogP contribution in [0, 0.1) is 6.92 Å². The highest BCUT2D eigenvalue weighted by molar-refractivity contribution is 5.25. The van der Waals surface area contributed by atoms with Crippen LogP contribution in [-0.4, -0.2) is 12.1 Å². The Morgan fingerprint density at radius 2 is 2.13 bits per heavy atom. The zero-order chi connectivity index (χ0) is 10.7. The second-order valence-electron chi connectivity index (χ2n) is 4.58. The van der Waals surface area contributed by atoms with Crippen molar-refractivity contribution in [3.63, 3.8) is 0 Å². The second kappa shape index (κ2) is 4.77. The van der Waals surface area contributed by atoms with E-state index in [1.807, 2.05) is 0 Å². The van der Waals surface area contributed by atoms with Gasteiger partial charge >= 0.3 is 0 Å². The van der Waals surface area contributed by atoms with Crippen LogP contribution < -0.4 is 11.1 Å². The third kappa shape index (κ3) is 2.80. The van der Waals surface area contributed by atoms with Crippen molar-refractivity contribution in [2.75, 3.05) is 0 Å². The van der Waals surface area contributed by atoms with E-state index >= 15 is 0 Å². The molecule has 0 bridgehead atoms. The smallest absolute Gasteiger partial charge is 0.0210 e. The average Bonchev–Trinajstić information content (AvgIpc) is 2.63. The minimum Gasteiger partial charge on any atom is -0.328 e. The number of nitrogens with two attached hydrogens (primary N) is 1. The number of hydrogen-bond acceptors (Lipinski definition) is 2. The van der Waals surface area contributed by atoms with Crippen LogP contribution in [0.15, 0.2) is 24.3 Å². The van der Waals surface area contributed by atoms with Crippen molar-refractivity contribution < 1.29 is 0 Å². The summed E-state index contributed by atoms with van der Waals surface area (Å²) in [5, 5.41) is 3.59. The lowest BCUT2D eigenvalue weighted by molar-refractivity contribution is 0.516. The Morgan fingerprint density at radius 3 is 2.80 bits per heavy atom. The molecule has 1 aromatic carbocycles. The van der Waals surface area contributed by atoms with Crippen LogP contribution in [0.1, 0.15) is 30.4 Å². The normalized spacial score (nSPS) is 25.7. The van der Waals surface area contributed by atoms with Gasteiger partial charge in [0.25, 0.3) is 0 Å². The van der Waals surface area contributed by atoms with Crippen LogP contribution in [0.2, 0.25) is 0 Å². The molecule has 15 heavy (non-hydrogen) atoms. The Labute approximate surface area is 91.9 Å². The second-order valence-corrected chi connectivity index (χ2v) is 4.58. The molecule has 82 valence electrons. The third-order valence-corrected chi connectivity index (χ3v) is 3.32. The van der Waals surface area contributed by atoms with E-state index < -0.39 is 0 Å². The molecule has 1 aromatic rings. The first-order valence-electron chi connectivity index (χ1n) is 5.79. The SMILES string of the molecule is Cc1ccccc1CNC1CCC(N)C1. The fourth-order valence-corrected chi connectivity index (χ4v) is 2.26. The summed E-state index contributed by atoms with van der Waals surface area (Å²) in [7, 11) is 0. The molecule has 1 aliphatic rings. The van der Waals surface area contributed by atoms with Crippen LogP contribution in [0.4, 0.5) is 0 Å². The number of rotatable bonds is 3. The summed E-state index contributed by atoms with van der Waals surface area (Å²) >= 11 is 0. The Bertz CT molecular complexity index is 322. The summed E-state index contributed by atoms with van der Waals surface area (Å²) in [4.78, 5) is 0. The predicted molar refractivity (Wildman–Crippen MR) is 63.6 cm³/mol. The first-order chi connectivity index (χ1) is 7.25. The van der Waals surface area contributed by atoms with Gasteiger partial charge in [-0.25, -0.2) is 0 Å². The zero-order valence-electron chi connectivity index (χ0n) is 9.37. The van der Waals surface area contributed by atoms with Crippen molar-refractivity contribution in [3.8, 4) is 0 Å². The van der Waals surface area contributed by atoms with Crippen LogP contribution in [0.3, 0.4) is 0 Å². The van der Waals surface area contributed by atoms with Gasteiger partial charge in [0.2, 0.25) is 0 Å². The van der Waals surface area contributed by atoms with E-state index in [2.05, 4.69) is 36.5 Å². The lowest BCUT2D eigenvalue weighted by atomic mass is 10.1. The topological polar surface area (TPSA) is 38.0 Å². The maximum Gasteiger partial charge on any atom is 0.0210 e. The molecule has 1 fully saturated rings. The van der Waals surface area contributed by atoms with E-state index in [4.69, 9.17) is 5.73 Å². The molecule has 1 saturated carbocycles. The Morgan fingerprint density at radius 1 is 1.33 bits per heavy atom. The van der Waals surface area contributed by atoms with Gasteiger partial charge in [-0.1, -0.05) is 24.3 Å². The Balaban J connectivity index is 1.86. The van der Waals surface area contributed by atoms with Gasteiger partial charge in [-0.2, -0.15) is 0 Å². The highest BCUT2D eigenvalue weighted by atomic mass is 14.9. The predicted octanol–water partition coefficient (Wildman–Crippen LogP) is 1.96. The molecule has 3 N–H and O–H groups in total. The van der Waals surface area contributed by atoms with Crippen molar-refractivity contribution in [2.45, 2.75) is 44.8 Å². The van der Waals surface area contributed by atoms with Gasteiger partial charge in [-0.15, -0.1) is 0 Å². The van der Waals surface area contributed by atoms with Crippen LogP contribution in [0.5, 0.6) is 0 Å². The number of nitrogens with one attached hydrogen (secondary N) is 1. The Kier molecular flexibility index (Phi) is 3.39. The zero-order valence-corrected chi connectivity index (χ0v) is 9.37. The van der Waals surface area contributed by atoms with Gasteiger partial charge in [0.1, 0.15) is 0 Å². The van der Waals surface area contributed by atoms with Crippen molar-refractivity contribution in [2.24, 2.45) is 5.73 Å². The maximum absolute atomic E-state index is 5.88. The average molecular weight is 204 g/mol. The van der Waals surface area contributed by atoms with E-state index in [9.17, 15) is 0 Å². The third-order valence-electron chi connectivity index (χ3n) is 3.32. The van der Waals surface area contributed by atoms with Crippen LogP contribution >= 0.6 is 0 Å². The summed E-state index contributed by atoms with van der Waals surface area (Å²) in [6.45, 7) is 3.14. The molecule has 0 amide bonds. The molecule has 0 radical (unpaired) electrons. The van der Waals surface area contributed by atoms with Crippen molar-refractivity contribution in [1.82, 2.24) is 5.32 Å². The monoisotopic (exact) mass is 204 g/mol. The molecule has 0 aliphatic heterocycles. The largest absolute Gasteiger partial charge is 0.328 e. The van der Waals surface area contributed by atoms with E-state index in [-0.39, 0.29) is 0 Å². The van der Waals surface area contributed by atoms with E-state index in [1.54, 1.807) is 0 Å². The molecule has 2 rings (SSSR count). The molecule has 2 unspecified atom stereocenters. The van der Waals surface area contributed by atoms with Crippen molar-refractivity contribution >= 4 is 0 Å². The molecule has 2 heteroatoms. The molecule has 0 saturated heterocycles. The fraction of sp³-hybridized carbons (Fsp3) is 0.538. The number of benzene rings is 1.